The normalized spacial score (nSPS) is 12.3. The van der Waals surface area contributed by atoms with Crippen LogP contribution in [0.5, 0.6) is 5.75 Å². The second-order valence-electron chi connectivity index (χ2n) is 10.1. The summed E-state index contributed by atoms with van der Waals surface area (Å²) >= 11 is 0. The van der Waals surface area contributed by atoms with Crippen LogP contribution in [0.2, 0.25) is 0 Å². The molecular formula is C28H31N3O7. The van der Waals surface area contributed by atoms with E-state index in [9.17, 15) is 24.6 Å². The van der Waals surface area contributed by atoms with Gasteiger partial charge in [-0.15, -0.1) is 0 Å². The molecule has 0 unspecified atom stereocenters. The molecule has 3 N–H and O–H groups in total. The average molecular weight is 522 g/mol. The number of aromatic carboxylic acids is 2. The Morgan fingerprint density at radius 3 is 2.47 bits per heavy atom. The molecule has 1 heterocycles. The molecule has 0 fully saturated rings. The molecule has 1 amide bonds. The van der Waals surface area contributed by atoms with E-state index in [4.69, 9.17) is 9.47 Å². The van der Waals surface area contributed by atoms with E-state index in [1.807, 2.05) is 12.1 Å². The fourth-order valence-electron chi connectivity index (χ4n) is 4.61. The van der Waals surface area contributed by atoms with Crippen molar-refractivity contribution in [2.75, 3.05) is 13.7 Å². The molecule has 4 rings (SSSR count). The summed E-state index contributed by atoms with van der Waals surface area (Å²) in [5.41, 5.74) is 4.04. The van der Waals surface area contributed by atoms with Gasteiger partial charge in [0.25, 0.3) is 0 Å². The van der Waals surface area contributed by atoms with E-state index < -0.39 is 23.6 Å². The lowest BCUT2D eigenvalue weighted by molar-refractivity contribution is 0.0524. The third-order valence-electron chi connectivity index (χ3n) is 6.21. The van der Waals surface area contributed by atoms with Crippen molar-refractivity contribution in [3.63, 3.8) is 0 Å². The summed E-state index contributed by atoms with van der Waals surface area (Å²) in [7, 11) is 1.56. The fraction of sp³-hybridized carbons (Fsp3) is 0.357. The second-order valence-corrected chi connectivity index (χ2v) is 10.1. The fourth-order valence-corrected chi connectivity index (χ4v) is 4.61. The van der Waals surface area contributed by atoms with Gasteiger partial charge < -0.3 is 25.0 Å². The quantitative estimate of drug-likeness (QED) is 0.364. The predicted octanol–water partition coefficient (Wildman–Crippen LogP) is 4.64. The Morgan fingerprint density at radius 1 is 1.05 bits per heavy atom. The van der Waals surface area contributed by atoms with Gasteiger partial charge in [0.1, 0.15) is 17.0 Å². The van der Waals surface area contributed by atoms with Crippen molar-refractivity contribution in [1.82, 2.24) is 15.1 Å². The molecule has 3 aromatic rings. The molecule has 2 aromatic carbocycles. The van der Waals surface area contributed by atoms with Crippen LogP contribution in [0.3, 0.4) is 0 Å². The van der Waals surface area contributed by atoms with Gasteiger partial charge in [-0.1, -0.05) is 12.1 Å². The van der Waals surface area contributed by atoms with E-state index in [1.54, 1.807) is 46.1 Å². The monoisotopic (exact) mass is 521 g/mol. The maximum Gasteiger partial charge on any atom is 0.407 e. The summed E-state index contributed by atoms with van der Waals surface area (Å²) in [6.07, 6.45) is 1.05. The lowest BCUT2D eigenvalue weighted by atomic mass is 9.86. The number of fused-ring (bicyclic) bond motifs is 3. The highest BCUT2D eigenvalue weighted by atomic mass is 16.6. The number of alkyl carbamates (subject to hydrolysis) is 1. The Bertz CT molecular complexity index is 1400. The number of carboxylic acid groups (broad SMARTS) is 2. The minimum absolute atomic E-state index is 0.133. The number of nitrogens with zero attached hydrogens (tertiary/aromatic N) is 2. The first kappa shape index (κ1) is 26.7. The van der Waals surface area contributed by atoms with Gasteiger partial charge in [0, 0.05) is 29.8 Å². The van der Waals surface area contributed by atoms with Crippen LogP contribution in [0.15, 0.2) is 36.4 Å². The number of carbonyl (C=O) groups is 3. The van der Waals surface area contributed by atoms with Gasteiger partial charge in [0.15, 0.2) is 0 Å². The molecular weight excluding hydrogens is 490 g/mol. The molecule has 10 nitrogen and oxygen atoms in total. The number of aryl methyl sites for hydroxylation is 2. The number of carboxylic acids is 2. The zero-order chi connectivity index (χ0) is 27.6. The van der Waals surface area contributed by atoms with Crippen LogP contribution in [-0.2, 0) is 24.1 Å². The molecule has 10 heteroatoms. The highest BCUT2D eigenvalue weighted by molar-refractivity contribution is 5.93. The lowest BCUT2D eigenvalue weighted by Crippen LogP contribution is -2.33. The summed E-state index contributed by atoms with van der Waals surface area (Å²) in [4.78, 5) is 35.7. The van der Waals surface area contributed by atoms with Gasteiger partial charge in [-0.2, -0.15) is 5.10 Å². The molecule has 0 saturated heterocycles. The molecule has 38 heavy (non-hydrogen) atoms. The molecule has 200 valence electrons. The highest BCUT2D eigenvalue weighted by Crippen LogP contribution is 2.41. The van der Waals surface area contributed by atoms with Crippen LogP contribution >= 0.6 is 0 Å². The van der Waals surface area contributed by atoms with E-state index in [2.05, 4.69) is 10.4 Å². The van der Waals surface area contributed by atoms with Crippen molar-refractivity contribution in [2.24, 2.45) is 0 Å². The maximum absolute atomic E-state index is 12.2. The van der Waals surface area contributed by atoms with E-state index in [0.29, 0.717) is 60.5 Å². The van der Waals surface area contributed by atoms with E-state index in [1.165, 1.54) is 10.7 Å². The Morgan fingerprint density at radius 2 is 1.82 bits per heavy atom. The number of amides is 1. The summed E-state index contributed by atoms with van der Waals surface area (Å²) in [5, 5.41) is 26.8. The summed E-state index contributed by atoms with van der Waals surface area (Å²) in [5.74, 6) is -1.50. The number of methoxy groups -OCH3 is 1. The van der Waals surface area contributed by atoms with Crippen molar-refractivity contribution in [3.05, 3.63) is 58.8 Å². The SMILES string of the molecule is COc1cc2c(cc1-c1cccc(C(=O)O)c1)-c1nn(CCCNC(=O)OC(C)(C)C)c(C(=O)O)c1CC2. The van der Waals surface area contributed by atoms with Gasteiger partial charge in [0.2, 0.25) is 0 Å². The first-order valence-corrected chi connectivity index (χ1v) is 12.3. The smallest absolute Gasteiger partial charge is 0.407 e. The van der Waals surface area contributed by atoms with Gasteiger partial charge in [-0.25, -0.2) is 14.4 Å². The highest BCUT2D eigenvalue weighted by Gasteiger charge is 2.29. The van der Waals surface area contributed by atoms with Crippen LogP contribution in [-0.4, -0.2) is 57.3 Å². The number of benzene rings is 2. The van der Waals surface area contributed by atoms with Gasteiger partial charge >= 0.3 is 18.0 Å². The molecule has 0 saturated carbocycles. The minimum atomic E-state index is -1.06. The zero-order valence-corrected chi connectivity index (χ0v) is 21.8. The van der Waals surface area contributed by atoms with Gasteiger partial charge in [-0.05, 0) is 75.4 Å². The third-order valence-corrected chi connectivity index (χ3v) is 6.21. The van der Waals surface area contributed by atoms with Gasteiger partial charge in [0.05, 0.1) is 18.4 Å². The van der Waals surface area contributed by atoms with Crippen molar-refractivity contribution >= 4 is 18.0 Å². The number of ether oxygens (including phenoxy) is 2. The Hall–Kier alpha value is -4.34. The van der Waals surface area contributed by atoms with E-state index >= 15 is 0 Å². The topological polar surface area (TPSA) is 140 Å². The lowest BCUT2D eigenvalue weighted by Gasteiger charge is -2.19. The van der Waals surface area contributed by atoms with E-state index in [-0.39, 0.29) is 11.3 Å². The van der Waals surface area contributed by atoms with Crippen molar-refractivity contribution in [1.29, 1.82) is 0 Å². The van der Waals surface area contributed by atoms with Crippen LogP contribution in [0.1, 0.15) is 59.2 Å². The van der Waals surface area contributed by atoms with Crippen LogP contribution in [0, 0.1) is 0 Å². The minimum Gasteiger partial charge on any atom is -0.496 e. The molecule has 0 spiro atoms. The summed E-state index contributed by atoms with van der Waals surface area (Å²) in [6.45, 7) is 5.94. The van der Waals surface area contributed by atoms with E-state index in [0.717, 1.165) is 11.1 Å². The molecule has 0 bridgehead atoms. The number of carbonyl (C=O) groups excluding carboxylic acids is 1. The largest absolute Gasteiger partial charge is 0.496 e. The Kier molecular flexibility index (Phi) is 7.43. The van der Waals surface area contributed by atoms with Crippen molar-refractivity contribution < 1.29 is 34.1 Å². The molecule has 1 aliphatic rings. The summed E-state index contributed by atoms with van der Waals surface area (Å²) in [6, 6.07) is 10.4. The standard InChI is InChI=1S/C28H31N3O7/c1-28(2,3)38-27(36)29-11-6-12-31-24(26(34)35)19-10-9-17-14-22(37-4)20(15-21(17)23(19)30-31)16-7-5-8-18(13-16)25(32)33/h5,7-8,13-15H,6,9-12H2,1-4H3,(H,29,36)(H,32,33)(H,34,35). The molecule has 1 aromatic heterocycles. The predicted molar refractivity (Wildman–Crippen MR) is 140 cm³/mol. The molecule has 1 aliphatic carbocycles. The van der Waals surface area contributed by atoms with Crippen molar-refractivity contribution in [3.8, 4) is 28.1 Å². The Balaban J connectivity index is 1.66. The van der Waals surface area contributed by atoms with Crippen LogP contribution in [0.25, 0.3) is 22.4 Å². The summed E-state index contributed by atoms with van der Waals surface area (Å²) < 4.78 is 12.3. The number of hydrogen-bond donors (Lipinski definition) is 3. The second kappa shape index (κ2) is 10.6. The molecule has 0 aliphatic heterocycles. The number of nitrogens with one attached hydrogen (secondary N) is 1. The number of aromatic nitrogens is 2. The first-order chi connectivity index (χ1) is 18.0. The average Bonchev–Trinajstić information content (AvgIpc) is 3.24. The number of rotatable bonds is 8. The first-order valence-electron chi connectivity index (χ1n) is 12.3. The van der Waals surface area contributed by atoms with Crippen LogP contribution in [0.4, 0.5) is 4.79 Å². The van der Waals surface area contributed by atoms with Crippen LogP contribution < -0.4 is 10.1 Å². The Labute approximate surface area is 220 Å². The molecule has 0 radical (unpaired) electrons. The maximum atomic E-state index is 12.2. The van der Waals surface area contributed by atoms with Gasteiger partial charge in [-0.3, -0.25) is 4.68 Å². The zero-order valence-electron chi connectivity index (χ0n) is 21.8. The third kappa shape index (κ3) is 5.64. The van der Waals surface area contributed by atoms with Crippen molar-refractivity contribution in [2.45, 2.75) is 52.2 Å². The molecule has 0 atom stereocenters. The number of hydrogen-bond acceptors (Lipinski definition) is 6.